The van der Waals surface area contributed by atoms with Crippen molar-refractivity contribution < 1.29 is 4.79 Å². The van der Waals surface area contributed by atoms with E-state index in [1.165, 1.54) is 11.8 Å². The molecule has 0 fully saturated rings. The van der Waals surface area contributed by atoms with E-state index in [1.807, 2.05) is 12.2 Å². The van der Waals surface area contributed by atoms with Crippen LogP contribution in [0.25, 0.3) is 0 Å². The molecule has 58 valence electrons. The molecule has 1 rings (SSSR count). The van der Waals surface area contributed by atoms with Gasteiger partial charge in [-0.2, -0.15) is 0 Å². The van der Waals surface area contributed by atoms with E-state index in [-0.39, 0.29) is 5.12 Å². The monoisotopic (exact) mass is 166 g/mol. The first-order valence-corrected chi connectivity index (χ1v) is 4.48. The Bertz CT molecular complexity index is 226. The lowest BCUT2D eigenvalue weighted by atomic mass is 10.3. The van der Waals surface area contributed by atoms with Gasteiger partial charge in [0.1, 0.15) is 0 Å². The predicted molar refractivity (Wildman–Crippen MR) is 49.5 cm³/mol. The summed E-state index contributed by atoms with van der Waals surface area (Å²) in [5, 5.41) is 0.0879. The van der Waals surface area contributed by atoms with Crippen molar-refractivity contribution in [2.24, 2.45) is 0 Å². The smallest absolute Gasteiger partial charge is 0.218 e. The number of thioether (sulfide) groups is 1. The van der Waals surface area contributed by atoms with Crippen molar-refractivity contribution in [2.45, 2.75) is 6.42 Å². The number of carbonyl (C=O) groups is 1. The van der Waals surface area contributed by atoms with Gasteiger partial charge in [-0.3, -0.25) is 4.79 Å². The molecule has 0 bridgehead atoms. The van der Waals surface area contributed by atoms with Crippen LogP contribution >= 0.6 is 11.8 Å². The topological polar surface area (TPSA) is 17.1 Å². The van der Waals surface area contributed by atoms with Crippen molar-refractivity contribution >= 4 is 16.9 Å². The van der Waals surface area contributed by atoms with Crippen molar-refractivity contribution in [3.8, 4) is 0 Å². The van der Waals surface area contributed by atoms with Crippen LogP contribution in [0.2, 0.25) is 0 Å². The highest BCUT2D eigenvalue weighted by molar-refractivity contribution is 8.14. The minimum atomic E-state index is 0.0879. The number of allylic oxidation sites excluding steroid dienone is 4. The summed E-state index contributed by atoms with van der Waals surface area (Å²) in [6.07, 6.45) is 8.55. The summed E-state index contributed by atoms with van der Waals surface area (Å²) >= 11 is 1.33. The average Bonchev–Trinajstić information content (AvgIpc) is 2.07. The summed E-state index contributed by atoms with van der Waals surface area (Å²) in [7, 11) is 0. The van der Waals surface area contributed by atoms with Gasteiger partial charge in [-0.25, -0.2) is 0 Å². The van der Waals surface area contributed by atoms with Gasteiger partial charge in [0.05, 0.1) is 0 Å². The van der Waals surface area contributed by atoms with E-state index in [2.05, 4.69) is 12.7 Å². The normalized spacial score (nSPS) is 25.1. The van der Waals surface area contributed by atoms with E-state index in [0.717, 1.165) is 12.2 Å². The standard InChI is InChI=1S/C9H10OS/c1-8-6-4-2-3-5-7-11-9(8)10/h2-4,6H,1,5,7H2/b3-2-,6-4-. The fourth-order valence-corrected chi connectivity index (χ4v) is 1.42. The zero-order valence-electron chi connectivity index (χ0n) is 6.25. The molecule has 1 aliphatic heterocycles. The van der Waals surface area contributed by atoms with Gasteiger partial charge in [-0.1, -0.05) is 42.6 Å². The molecule has 0 aliphatic carbocycles. The molecule has 0 spiro atoms. The van der Waals surface area contributed by atoms with E-state index in [1.54, 1.807) is 6.08 Å². The maximum absolute atomic E-state index is 11.1. The number of carbonyl (C=O) groups excluding carboxylic acids is 1. The van der Waals surface area contributed by atoms with E-state index < -0.39 is 0 Å². The molecule has 0 radical (unpaired) electrons. The van der Waals surface area contributed by atoms with Crippen LogP contribution in [-0.4, -0.2) is 10.9 Å². The summed E-state index contributed by atoms with van der Waals surface area (Å²) in [6.45, 7) is 3.65. The fraction of sp³-hybridized carbons (Fsp3) is 0.222. The molecule has 1 nitrogen and oxygen atoms in total. The zero-order chi connectivity index (χ0) is 8.10. The molecule has 0 aromatic rings. The van der Waals surface area contributed by atoms with E-state index in [4.69, 9.17) is 0 Å². The van der Waals surface area contributed by atoms with Crippen LogP contribution < -0.4 is 0 Å². The Morgan fingerprint density at radius 1 is 1.45 bits per heavy atom. The average molecular weight is 166 g/mol. The largest absolute Gasteiger partial charge is 0.282 e. The van der Waals surface area contributed by atoms with Gasteiger partial charge in [-0.15, -0.1) is 0 Å². The zero-order valence-corrected chi connectivity index (χ0v) is 7.06. The van der Waals surface area contributed by atoms with E-state index in [0.29, 0.717) is 5.57 Å². The lowest BCUT2D eigenvalue weighted by Gasteiger charge is -1.95. The summed E-state index contributed by atoms with van der Waals surface area (Å²) in [4.78, 5) is 11.1. The van der Waals surface area contributed by atoms with Gasteiger partial charge in [0, 0.05) is 11.3 Å². The molecule has 2 heteroatoms. The molecule has 0 aromatic carbocycles. The first kappa shape index (κ1) is 8.34. The maximum Gasteiger partial charge on any atom is 0.218 e. The third-order valence-electron chi connectivity index (χ3n) is 1.32. The van der Waals surface area contributed by atoms with Crippen LogP contribution in [0.3, 0.4) is 0 Å². The predicted octanol–water partition coefficient (Wildman–Crippen LogP) is 2.32. The van der Waals surface area contributed by atoms with Crippen LogP contribution in [0.15, 0.2) is 36.5 Å². The molecule has 1 heterocycles. The second kappa shape index (κ2) is 4.19. The minimum absolute atomic E-state index is 0.0879. The van der Waals surface area contributed by atoms with Crippen molar-refractivity contribution in [2.75, 3.05) is 5.75 Å². The molecule has 0 amide bonds. The Morgan fingerprint density at radius 2 is 2.27 bits per heavy atom. The second-order valence-corrected chi connectivity index (χ2v) is 3.30. The summed E-state index contributed by atoms with van der Waals surface area (Å²) in [5.74, 6) is 0.857. The molecule has 11 heavy (non-hydrogen) atoms. The van der Waals surface area contributed by atoms with Crippen LogP contribution in [0.4, 0.5) is 0 Å². The summed E-state index contributed by atoms with van der Waals surface area (Å²) < 4.78 is 0. The number of hydrogen-bond donors (Lipinski definition) is 0. The van der Waals surface area contributed by atoms with Gasteiger partial charge in [0.25, 0.3) is 0 Å². The molecule has 0 N–H and O–H groups in total. The third-order valence-corrected chi connectivity index (χ3v) is 2.29. The highest BCUT2D eigenvalue weighted by Crippen LogP contribution is 2.13. The van der Waals surface area contributed by atoms with Gasteiger partial charge in [-0.05, 0) is 6.42 Å². The van der Waals surface area contributed by atoms with Gasteiger partial charge < -0.3 is 0 Å². The number of hydrogen-bond acceptors (Lipinski definition) is 2. The molecule has 0 saturated carbocycles. The Labute approximate surface area is 70.9 Å². The second-order valence-electron chi connectivity index (χ2n) is 2.24. The molecule has 1 aliphatic rings. The van der Waals surface area contributed by atoms with Crippen molar-refractivity contribution in [1.82, 2.24) is 0 Å². The lowest BCUT2D eigenvalue weighted by molar-refractivity contribution is -0.107. The highest BCUT2D eigenvalue weighted by atomic mass is 32.2. The molecule has 0 unspecified atom stereocenters. The Hall–Kier alpha value is -0.760. The van der Waals surface area contributed by atoms with Crippen LogP contribution in [-0.2, 0) is 4.79 Å². The highest BCUT2D eigenvalue weighted by Gasteiger charge is 2.03. The number of rotatable bonds is 0. The van der Waals surface area contributed by atoms with E-state index in [9.17, 15) is 4.79 Å². The summed E-state index contributed by atoms with van der Waals surface area (Å²) in [6, 6.07) is 0. The fourth-order valence-electron chi connectivity index (χ4n) is 0.727. The van der Waals surface area contributed by atoms with Crippen LogP contribution in [0.1, 0.15) is 6.42 Å². The quantitative estimate of drug-likeness (QED) is 0.514. The maximum atomic E-state index is 11.1. The first-order chi connectivity index (χ1) is 5.30. The third kappa shape index (κ3) is 2.76. The van der Waals surface area contributed by atoms with Crippen molar-refractivity contribution in [3.05, 3.63) is 36.5 Å². The van der Waals surface area contributed by atoms with Gasteiger partial charge in [0.15, 0.2) is 0 Å². The first-order valence-electron chi connectivity index (χ1n) is 3.50. The molecular weight excluding hydrogens is 156 g/mol. The molecular formula is C9H10OS. The minimum Gasteiger partial charge on any atom is -0.282 e. The Kier molecular flexibility index (Phi) is 3.17. The van der Waals surface area contributed by atoms with Gasteiger partial charge >= 0.3 is 0 Å². The Morgan fingerprint density at radius 3 is 3.09 bits per heavy atom. The molecule has 0 saturated heterocycles. The van der Waals surface area contributed by atoms with Crippen molar-refractivity contribution in [3.63, 3.8) is 0 Å². The van der Waals surface area contributed by atoms with Gasteiger partial charge in [0.2, 0.25) is 5.12 Å². The Balaban J connectivity index is 2.66. The van der Waals surface area contributed by atoms with Crippen LogP contribution in [0.5, 0.6) is 0 Å². The van der Waals surface area contributed by atoms with Crippen LogP contribution in [0, 0.1) is 0 Å². The molecule has 0 aromatic heterocycles. The van der Waals surface area contributed by atoms with Crippen molar-refractivity contribution in [1.29, 1.82) is 0 Å². The van der Waals surface area contributed by atoms with E-state index >= 15 is 0 Å². The SMILES string of the molecule is C=C1/C=C\C=C/CCSC1=O. The molecule has 0 atom stereocenters. The lowest BCUT2D eigenvalue weighted by Crippen LogP contribution is -1.93. The summed E-state index contributed by atoms with van der Waals surface area (Å²) in [5.41, 5.74) is 0.585.